The lowest BCUT2D eigenvalue weighted by Crippen LogP contribution is -2.26. The van der Waals surface area contributed by atoms with Crippen LogP contribution in [0.3, 0.4) is 0 Å². The predicted octanol–water partition coefficient (Wildman–Crippen LogP) is 7.73. The van der Waals surface area contributed by atoms with Gasteiger partial charge in [0.15, 0.2) is 11.6 Å². The van der Waals surface area contributed by atoms with Crippen LogP contribution in [0, 0.1) is 22.7 Å². The first kappa shape index (κ1) is 24.4. The Morgan fingerprint density at radius 3 is 1.18 bits per heavy atom. The van der Waals surface area contributed by atoms with E-state index in [1.807, 2.05) is 27.7 Å². The molecule has 0 aromatic rings. The van der Waals surface area contributed by atoms with Gasteiger partial charge >= 0.3 is 0 Å². The molecule has 0 N–H and O–H groups in total. The maximum absolute atomic E-state index is 14.1. The van der Waals surface area contributed by atoms with Gasteiger partial charge in [-0.25, -0.2) is 0 Å². The number of hydrogen-bond donors (Lipinski definition) is 0. The fourth-order valence-corrected chi connectivity index (χ4v) is 5.55. The molecule has 0 fully saturated rings. The van der Waals surface area contributed by atoms with E-state index in [1.165, 1.54) is 11.1 Å². The molecule has 2 nitrogen and oxygen atoms in total. The summed E-state index contributed by atoms with van der Waals surface area (Å²) < 4.78 is 0. The minimum Gasteiger partial charge on any atom is -0.293 e. The first-order valence-corrected chi connectivity index (χ1v) is 12.5. The molecule has 0 aliphatic heterocycles. The van der Waals surface area contributed by atoms with Crippen LogP contribution in [0.25, 0.3) is 0 Å². The molecule has 2 heteroatoms. The largest absolute Gasteiger partial charge is 0.293 e. The normalized spacial score (nSPS) is 23.8. The number of carbonyl (C=O) groups excluding carboxylic acids is 2. The minimum absolute atomic E-state index is 0.0495. The van der Waals surface area contributed by atoms with Crippen molar-refractivity contribution >= 4 is 11.6 Å². The smallest absolute Gasteiger partial charge is 0.174 e. The van der Waals surface area contributed by atoms with Crippen LogP contribution in [-0.4, -0.2) is 11.6 Å². The molecule has 0 heterocycles. The Bertz CT molecular complexity index is 1170. The second-order valence-electron chi connectivity index (χ2n) is 11.9. The van der Waals surface area contributed by atoms with E-state index in [1.54, 1.807) is 0 Å². The fourth-order valence-electron chi connectivity index (χ4n) is 5.55. The minimum atomic E-state index is -0.688. The van der Waals surface area contributed by atoms with Crippen LogP contribution in [-0.2, 0) is 9.59 Å². The number of fused-ring (bicyclic) bond motifs is 2. The summed E-state index contributed by atoms with van der Waals surface area (Å²) in [7, 11) is 0. The van der Waals surface area contributed by atoms with Crippen LogP contribution in [0.2, 0.25) is 0 Å². The summed E-state index contributed by atoms with van der Waals surface area (Å²) in [5.41, 5.74) is 8.31. The number of rotatable bonds is 3. The van der Waals surface area contributed by atoms with Crippen molar-refractivity contribution < 1.29 is 9.59 Å². The molecule has 4 aliphatic carbocycles. The van der Waals surface area contributed by atoms with Crippen LogP contribution < -0.4 is 0 Å². The zero-order valence-electron chi connectivity index (χ0n) is 22.4. The third-order valence-corrected chi connectivity index (χ3v) is 8.02. The van der Waals surface area contributed by atoms with E-state index in [0.29, 0.717) is 23.0 Å². The van der Waals surface area contributed by atoms with Crippen molar-refractivity contribution in [3.63, 3.8) is 0 Å². The molecule has 0 aromatic heterocycles. The maximum atomic E-state index is 14.1. The second kappa shape index (κ2) is 7.90. The number of ketones is 2. The molecule has 0 saturated heterocycles. The monoisotopic (exact) mass is 454 g/mol. The van der Waals surface area contributed by atoms with E-state index < -0.39 is 10.8 Å². The molecule has 0 unspecified atom stereocenters. The third kappa shape index (κ3) is 3.37. The van der Waals surface area contributed by atoms with Crippen LogP contribution in [0.1, 0.15) is 69.2 Å². The van der Waals surface area contributed by atoms with E-state index in [9.17, 15) is 9.59 Å². The topological polar surface area (TPSA) is 34.1 Å². The standard InChI is InChI=1S/C32H38O2/c1-17(2)21-13-11-19(5)25-23(15-21)31(7,8)29(33)27(25)28-26-20(6)12-14-22(18(3)4)16-24(26)32(9,10)30(28)34/h11-18H,1-10H3. The SMILES string of the molecule is CC1=CC=C(C(C)C)C=C2C1=C(C1=C3C(C)=CC=C(C(C)C)C=C3C(C)(C)C1=O)C(=O)C2(C)C. The van der Waals surface area contributed by atoms with Crippen molar-refractivity contribution in [2.75, 3.05) is 0 Å². The zero-order valence-corrected chi connectivity index (χ0v) is 22.4. The zero-order chi connectivity index (χ0) is 25.3. The van der Waals surface area contributed by atoms with Gasteiger partial charge in [-0.3, -0.25) is 9.59 Å². The molecule has 4 rings (SSSR count). The summed E-state index contributed by atoms with van der Waals surface area (Å²) in [4.78, 5) is 28.3. The maximum Gasteiger partial charge on any atom is 0.174 e. The lowest BCUT2D eigenvalue weighted by molar-refractivity contribution is -0.123. The molecule has 0 atom stereocenters. The van der Waals surface area contributed by atoms with Gasteiger partial charge in [0.1, 0.15) is 0 Å². The number of carbonyl (C=O) groups is 2. The number of Topliss-reactive ketones (excluding diaryl/α,β-unsaturated/α-hetero) is 2. The van der Waals surface area contributed by atoms with Crippen LogP contribution in [0.4, 0.5) is 0 Å². The van der Waals surface area contributed by atoms with E-state index in [4.69, 9.17) is 0 Å². The van der Waals surface area contributed by atoms with Gasteiger partial charge in [0.05, 0.1) is 10.8 Å². The molecule has 0 bridgehead atoms. The Morgan fingerprint density at radius 2 is 0.882 bits per heavy atom. The first-order valence-electron chi connectivity index (χ1n) is 12.5. The Labute approximate surface area is 205 Å². The van der Waals surface area contributed by atoms with E-state index in [2.05, 4.69) is 78.0 Å². The van der Waals surface area contributed by atoms with Gasteiger partial charge in [-0.05, 0) is 98.0 Å². The Morgan fingerprint density at radius 1 is 0.559 bits per heavy atom. The summed E-state index contributed by atoms with van der Waals surface area (Å²) in [5.74, 6) is 0.797. The summed E-state index contributed by atoms with van der Waals surface area (Å²) in [5, 5.41) is 0. The van der Waals surface area contributed by atoms with Gasteiger partial charge in [0.2, 0.25) is 0 Å². The predicted molar refractivity (Wildman–Crippen MR) is 141 cm³/mol. The highest BCUT2D eigenvalue weighted by atomic mass is 16.1. The Hall–Kier alpha value is -2.74. The van der Waals surface area contributed by atoms with Crippen molar-refractivity contribution in [1.29, 1.82) is 0 Å². The number of hydrogen-bond acceptors (Lipinski definition) is 2. The highest BCUT2D eigenvalue weighted by molar-refractivity contribution is 6.24. The van der Waals surface area contributed by atoms with Gasteiger partial charge in [-0.15, -0.1) is 0 Å². The summed E-state index contributed by atoms with van der Waals surface area (Å²) in [6.07, 6.45) is 12.9. The first-order chi connectivity index (χ1) is 15.7. The fraction of sp³-hybridized carbons (Fsp3) is 0.438. The van der Waals surface area contributed by atoms with Gasteiger partial charge < -0.3 is 0 Å². The summed E-state index contributed by atoms with van der Waals surface area (Å²) >= 11 is 0. The quantitative estimate of drug-likeness (QED) is 0.437. The van der Waals surface area contributed by atoms with Crippen molar-refractivity contribution in [3.8, 4) is 0 Å². The summed E-state index contributed by atoms with van der Waals surface area (Å²) in [6.45, 7) is 20.9. The highest BCUT2D eigenvalue weighted by Crippen LogP contribution is 2.56. The molecular formula is C32H38O2. The molecule has 34 heavy (non-hydrogen) atoms. The average Bonchev–Trinajstić information content (AvgIpc) is 2.92. The van der Waals surface area contributed by atoms with Crippen LogP contribution in [0.5, 0.6) is 0 Å². The van der Waals surface area contributed by atoms with Crippen molar-refractivity contribution in [1.82, 2.24) is 0 Å². The Balaban J connectivity index is 2.10. The molecule has 0 aromatic carbocycles. The molecule has 4 aliphatic rings. The van der Waals surface area contributed by atoms with E-state index >= 15 is 0 Å². The Kier molecular flexibility index (Phi) is 5.67. The number of allylic oxidation sites excluding steroid dienone is 16. The van der Waals surface area contributed by atoms with Gasteiger partial charge in [-0.2, -0.15) is 0 Å². The van der Waals surface area contributed by atoms with Crippen molar-refractivity contribution in [2.24, 2.45) is 22.7 Å². The molecule has 0 amide bonds. The molecule has 0 saturated carbocycles. The summed E-state index contributed by atoms with van der Waals surface area (Å²) in [6, 6.07) is 0. The second-order valence-corrected chi connectivity index (χ2v) is 11.9. The molecule has 0 spiro atoms. The van der Waals surface area contributed by atoms with E-state index in [0.717, 1.165) is 33.4 Å². The van der Waals surface area contributed by atoms with Crippen molar-refractivity contribution in [2.45, 2.75) is 69.2 Å². The van der Waals surface area contributed by atoms with Gasteiger partial charge in [0, 0.05) is 11.1 Å². The van der Waals surface area contributed by atoms with Crippen LogP contribution in [0.15, 0.2) is 92.2 Å². The van der Waals surface area contributed by atoms with E-state index in [-0.39, 0.29) is 11.6 Å². The van der Waals surface area contributed by atoms with Gasteiger partial charge in [0.25, 0.3) is 0 Å². The molecule has 178 valence electrons. The van der Waals surface area contributed by atoms with Crippen LogP contribution >= 0.6 is 0 Å². The lowest BCUT2D eigenvalue weighted by Gasteiger charge is -2.21. The highest BCUT2D eigenvalue weighted by Gasteiger charge is 2.53. The molecular weight excluding hydrogens is 416 g/mol. The average molecular weight is 455 g/mol. The molecule has 0 radical (unpaired) electrons. The van der Waals surface area contributed by atoms with Crippen molar-refractivity contribution in [3.05, 3.63) is 92.2 Å². The van der Waals surface area contributed by atoms with Gasteiger partial charge in [-0.1, -0.05) is 64.2 Å². The third-order valence-electron chi connectivity index (χ3n) is 8.02. The lowest BCUT2D eigenvalue weighted by atomic mass is 9.79.